The normalized spacial score (nSPS) is 27.6. The van der Waals surface area contributed by atoms with Crippen molar-refractivity contribution in [2.24, 2.45) is 10.9 Å². The molecule has 17 heavy (non-hydrogen) atoms. The molecule has 0 saturated heterocycles. The third kappa shape index (κ3) is 2.41. The van der Waals surface area contributed by atoms with Crippen molar-refractivity contribution in [2.75, 3.05) is 0 Å². The minimum absolute atomic E-state index is 0.405. The number of hydrogen-bond acceptors (Lipinski definition) is 1. The summed E-state index contributed by atoms with van der Waals surface area (Å²) in [6.45, 7) is 11.3. The molecule has 1 aliphatic carbocycles. The summed E-state index contributed by atoms with van der Waals surface area (Å²) in [5.41, 5.74) is 3.27. The fourth-order valence-electron chi connectivity index (χ4n) is 3.17. The Balaban J connectivity index is 2.33. The number of hydrogen-bond donors (Lipinski definition) is 0. The van der Waals surface area contributed by atoms with Crippen LogP contribution in [-0.4, -0.2) is 22.8 Å². The third-order valence-electron chi connectivity index (χ3n) is 3.86. The van der Waals surface area contributed by atoms with E-state index in [1.54, 1.807) is 11.3 Å². The van der Waals surface area contributed by atoms with Crippen molar-refractivity contribution >= 4 is 5.84 Å². The zero-order valence-corrected chi connectivity index (χ0v) is 12.0. The second-order valence-electron chi connectivity index (χ2n) is 6.04. The Morgan fingerprint density at radius 1 is 1.24 bits per heavy atom. The molecule has 1 heterocycles. The van der Waals surface area contributed by atoms with Crippen molar-refractivity contribution in [2.45, 2.75) is 72.4 Å². The van der Waals surface area contributed by atoms with Gasteiger partial charge in [-0.05, 0) is 58.4 Å². The van der Waals surface area contributed by atoms with Crippen LogP contribution >= 0.6 is 0 Å². The van der Waals surface area contributed by atoms with Gasteiger partial charge in [-0.2, -0.15) is 0 Å². The average molecular weight is 234 g/mol. The highest BCUT2D eigenvalue weighted by atomic mass is 15.2. The molecule has 0 amide bonds. The Labute approximate surface area is 106 Å². The molecular formula is C15H26N2. The Morgan fingerprint density at radius 2 is 1.94 bits per heavy atom. The second kappa shape index (κ2) is 4.83. The van der Waals surface area contributed by atoms with Crippen LogP contribution in [0.1, 0.15) is 60.3 Å². The Morgan fingerprint density at radius 3 is 2.53 bits per heavy atom. The number of allylic oxidation sites excluding steroid dienone is 1. The van der Waals surface area contributed by atoms with E-state index in [1.807, 2.05) is 0 Å². The summed E-state index contributed by atoms with van der Waals surface area (Å²) in [5.74, 6) is 2.08. The van der Waals surface area contributed by atoms with E-state index in [9.17, 15) is 0 Å². The Hall–Kier alpha value is -0.790. The molecule has 0 saturated carbocycles. The first-order chi connectivity index (χ1) is 8.00. The van der Waals surface area contributed by atoms with Crippen molar-refractivity contribution in [3.8, 4) is 0 Å². The third-order valence-corrected chi connectivity index (χ3v) is 3.86. The number of rotatable bonds is 2. The lowest BCUT2D eigenvalue weighted by Gasteiger charge is -2.30. The summed E-state index contributed by atoms with van der Waals surface area (Å²) in [6.07, 6.45) is 5.07. The quantitative estimate of drug-likeness (QED) is 0.705. The first kappa shape index (κ1) is 12.7. The van der Waals surface area contributed by atoms with Crippen LogP contribution in [0.5, 0.6) is 0 Å². The van der Waals surface area contributed by atoms with Crippen LogP contribution in [-0.2, 0) is 0 Å². The van der Waals surface area contributed by atoms with Crippen LogP contribution in [0.25, 0.3) is 0 Å². The molecule has 1 unspecified atom stereocenters. The van der Waals surface area contributed by atoms with Gasteiger partial charge in [0, 0.05) is 24.2 Å². The van der Waals surface area contributed by atoms with Crippen molar-refractivity contribution in [3.05, 3.63) is 11.3 Å². The maximum absolute atomic E-state index is 4.84. The van der Waals surface area contributed by atoms with E-state index >= 15 is 0 Å². The minimum atomic E-state index is 0.405. The van der Waals surface area contributed by atoms with Gasteiger partial charge in [0.05, 0.1) is 0 Å². The van der Waals surface area contributed by atoms with Gasteiger partial charge in [-0.1, -0.05) is 6.92 Å². The highest BCUT2D eigenvalue weighted by Crippen LogP contribution is 2.40. The minimum Gasteiger partial charge on any atom is -0.331 e. The van der Waals surface area contributed by atoms with Crippen molar-refractivity contribution in [3.63, 3.8) is 0 Å². The molecule has 0 N–H and O–H groups in total. The van der Waals surface area contributed by atoms with E-state index in [-0.39, 0.29) is 0 Å². The van der Waals surface area contributed by atoms with Gasteiger partial charge in [-0.15, -0.1) is 0 Å². The van der Waals surface area contributed by atoms with Crippen LogP contribution in [0.3, 0.4) is 0 Å². The van der Waals surface area contributed by atoms with Gasteiger partial charge in [0.25, 0.3) is 0 Å². The molecule has 0 aromatic heterocycles. The molecule has 0 spiro atoms. The molecule has 96 valence electrons. The molecule has 0 aromatic rings. The van der Waals surface area contributed by atoms with Gasteiger partial charge >= 0.3 is 0 Å². The molecule has 2 aliphatic rings. The van der Waals surface area contributed by atoms with Crippen LogP contribution in [0.4, 0.5) is 0 Å². The predicted molar refractivity (Wildman–Crippen MR) is 74.2 cm³/mol. The van der Waals surface area contributed by atoms with Gasteiger partial charge in [0.1, 0.15) is 5.84 Å². The van der Waals surface area contributed by atoms with Crippen molar-refractivity contribution in [1.82, 2.24) is 4.90 Å². The zero-order valence-electron chi connectivity index (χ0n) is 12.0. The largest absolute Gasteiger partial charge is 0.331 e. The predicted octanol–water partition coefficient (Wildman–Crippen LogP) is 3.98. The molecule has 2 nitrogen and oxygen atoms in total. The molecule has 1 atom stereocenters. The molecule has 0 bridgehead atoms. The highest BCUT2D eigenvalue weighted by Gasteiger charge is 2.34. The van der Waals surface area contributed by atoms with Crippen LogP contribution in [0, 0.1) is 5.92 Å². The van der Waals surface area contributed by atoms with Crippen LogP contribution in [0.2, 0.25) is 0 Å². The van der Waals surface area contributed by atoms with E-state index in [1.165, 1.54) is 25.1 Å². The smallest absolute Gasteiger partial charge is 0.108 e. The molecule has 0 radical (unpaired) electrons. The number of aliphatic imine (C=N–C) groups is 1. The maximum atomic E-state index is 4.84. The molecule has 0 aromatic carbocycles. The fourth-order valence-corrected chi connectivity index (χ4v) is 3.17. The van der Waals surface area contributed by atoms with Gasteiger partial charge in [0.2, 0.25) is 0 Å². The number of amidine groups is 1. The zero-order chi connectivity index (χ0) is 12.6. The summed E-state index contributed by atoms with van der Waals surface area (Å²) >= 11 is 0. The van der Waals surface area contributed by atoms with E-state index in [0.29, 0.717) is 12.1 Å². The Kier molecular flexibility index (Phi) is 3.60. The van der Waals surface area contributed by atoms with Gasteiger partial charge in [0.15, 0.2) is 0 Å². The summed E-state index contributed by atoms with van der Waals surface area (Å²) in [4.78, 5) is 7.34. The van der Waals surface area contributed by atoms with Gasteiger partial charge in [-0.3, -0.25) is 4.99 Å². The molecule has 2 heteroatoms. The van der Waals surface area contributed by atoms with E-state index in [0.717, 1.165) is 12.3 Å². The van der Waals surface area contributed by atoms with Crippen LogP contribution in [0.15, 0.2) is 16.3 Å². The summed E-state index contributed by atoms with van der Waals surface area (Å²) in [7, 11) is 0. The number of nitrogens with zero attached hydrogens (tertiary/aromatic N) is 2. The maximum Gasteiger partial charge on any atom is 0.108 e. The molecular weight excluding hydrogens is 208 g/mol. The fraction of sp³-hybridized carbons (Fsp3) is 0.800. The average Bonchev–Trinajstić information content (AvgIpc) is 2.56. The topological polar surface area (TPSA) is 15.6 Å². The summed E-state index contributed by atoms with van der Waals surface area (Å²) < 4.78 is 0. The lowest BCUT2D eigenvalue weighted by Crippen LogP contribution is -2.33. The van der Waals surface area contributed by atoms with Crippen molar-refractivity contribution < 1.29 is 0 Å². The first-order valence-corrected chi connectivity index (χ1v) is 7.08. The summed E-state index contributed by atoms with van der Waals surface area (Å²) in [5, 5.41) is 0. The second-order valence-corrected chi connectivity index (χ2v) is 6.04. The standard InChI is InChI=1S/C15H26N2/c1-10(2)16-15-9-13-12(5)7-6-8-14(13)17(15)11(3)4/h10-12H,6-9H2,1-5H3/b16-15+. The Bertz CT molecular complexity index is 350. The molecule has 1 aliphatic heterocycles. The summed E-state index contributed by atoms with van der Waals surface area (Å²) in [6, 6.07) is 0.952. The van der Waals surface area contributed by atoms with Gasteiger partial charge in [-0.25, -0.2) is 0 Å². The first-order valence-electron chi connectivity index (χ1n) is 7.08. The lowest BCUT2D eigenvalue weighted by atomic mass is 9.87. The van der Waals surface area contributed by atoms with E-state index in [4.69, 9.17) is 4.99 Å². The van der Waals surface area contributed by atoms with Crippen LogP contribution < -0.4 is 0 Å². The van der Waals surface area contributed by atoms with E-state index in [2.05, 4.69) is 39.5 Å². The lowest BCUT2D eigenvalue weighted by molar-refractivity contribution is 0.390. The van der Waals surface area contributed by atoms with Gasteiger partial charge < -0.3 is 4.90 Å². The SMILES string of the molecule is CC(C)/N=C1\CC2=C(CCCC2C)N1C(C)C. The van der Waals surface area contributed by atoms with E-state index < -0.39 is 0 Å². The monoisotopic (exact) mass is 234 g/mol. The molecule has 0 fully saturated rings. The van der Waals surface area contributed by atoms with Crippen molar-refractivity contribution in [1.29, 1.82) is 0 Å². The molecule has 2 rings (SSSR count). The highest BCUT2D eigenvalue weighted by molar-refractivity contribution is 5.90.